The number of benzene rings is 2. The van der Waals surface area contributed by atoms with Gasteiger partial charge in [-0.2, -0.15) is 5.26 Å². The van der Waals surface area contributed by atoms with Crippen LogP contribution in [0.5, 0.6) is 0 Å². The van der Waals surface area contributed by atoms with Crippen molar-refractivity contribution in [2.45, 2.75) is 6.42 Å². The molecule has 4 rings (SSSR count). The number of nitrogens with zero attached hydrogens (tertiary/aromatic N) is 2. The largest absolute Gasteiger partial charge is 0.457 e. The number of carbonyl (C=O) groups excluding carboxylic acids is 1. The number of rotatable bonds is 6. The van der Waals surface area contributed by atoms with Crippen LogP contribution in [0.25, 0.3) is 17.4 Å². The van der Waals surface area contributed by atoms with E-state index in [1.807, 2.05) is 6.07 Å². The van der Waals surface area contributed by atoms with Crippen molar-refractivity contribution in [2.24, 2.45) is 0 Å². The van der Waals surface area contributed by atoms with Crippen LogP contribution < -0.4 is 5.32 Å². The maximum Gasteiger partial charge on any atom is 0.268 e. The van der Waals surface area contributed by atoms with Gasteiger partial charge in [0.2, 0.25) is 0 Å². The molecule has 0 saturated heterocycles. The fourth-order valence-electron chi connectivity index (χ4n) is 3.03. The molecule has 1 N–H and O–H groups in total. The van der Waals surface area contributed by atoms with Crippen LogP contribution in [0.2, 0.25) is 20.1 Å². The number of hydrogen-bond acceptors (Lipinski definition) is 5. The van der Waals surface area contributed by atoms with Gasteiger partial charge in [0.1, 0.15) is 23.2 Å². The predicted molar refractivity (Wildman–Crippen MR) is 138 cm³/mol. The van der Waals surface area contributed by atoms with Crippen LogP contribution in [-0.2, 0) is 11.2 Å². The van der Waals surface area contributed by atoms with Gasteiger partial charge in [0.15, 0.2) is 5.13 Å². The summed E-state index contributed by atoms with van der Waals surface area (Å²) in [5.41, 5.74) is 1.31. The molecule has 0 bridgehead atoms. The highest BCUT2D eigenvalue weighted by molar-refractivity contribution is 7.15. The third kappa shape index (κ3) is 5.82. The zero-order chi connectivity index (χ0) is 24.2. The molecular formula is C24H13Cl4N3O2S. The van der Waals surface area contributed by atoms with Crippen molar-refractivity contribution in [3.63, 3.8) is 0 Å². The normalized spacial score (nSPS) is 11.3. The van der Waals surface area contributed by atoms with Gasteiger partial charge in [-0.25, -0.2) is 4.98 Å². The van der Waals surface area contributed by atoms with Crippen LogP contribution in [0.4, 0.5) is 5.13 Å². The van der Waals surface area contributed by atoms with E-state index in [9.17, 15) is 10.1 Å². The number of furan rings is 1. The minimum atomic E-state index is -0.608. The Bertz CT molecular complexity index is 1450. The summed E-state index contributed by atoms with van der Waals surface area (Å²) < 4.78 is 5.74. The molecule has 0 aliphatic carbocycles. The molecule has 34 heavy (non-hydrogen) atoms. The maximum atomic E-state index is 12.6. The highest BCUT2D eigenvalue weighted by atomic mass is 35.5. The van der Waals surface area contributed by atoms with Gasteiger partial charge < -0.3 is 4.42 Å². The lowest BCUT2D eigenvalue weighted by atomic mass is 10.1. The third-order valence-electron chi connectivity index (χ3n) is 4.62. The molecule has 4 aromatic rings. The van der Waals surface area contributed by atoms with Crippen LogP contribution in [0, 0.1) is 11.3 Å². The Labute approximate surface area is 219 Å². The van der Waals surface area contributed by atoms with Gasteiger partial charge in [0, 0.05) is 44.2 Å². The number of halogens is 4. The van der Waals surface area contributed by atoms with E-state index >= 15 is 0 Å². The first kappa shape index (κ1) is 24.3. The fraction of sp³-hybridized carbons (Fsp3) is 0.0417. The fourth-order valence-corrected chi connectivity index (χ4v) is 4.62. The number of carbonyl (C=O) groups is 1. The van der Waals surface area contributed by atoms with Gasteiger partial charge in [-0.3, -0.25) is 10.1 Å². The predicted octanol–water partition coefficient (Wildman–Crippen LogP) is 8.15. The number of hydrogen-bond donors (Lipinski definition) is 1. The van der Waals surface area contributed by atoms with Crippen molar-refractivity contribution in [1.82, 2.24) is 4.98 Å². The van der Waals surface area contributed by atoms with E-state index in [0.29, 0.717) is 48.7 Å². The number of anilines is 1. The number of aromatic nitrogens is 1. The van der Waals surface area contributed by atoms with E-state index in [4.69, 9.17) is 50.8 Å². The quantitative estimate of drug-likeness (QED) is 0.195. The molecule has 2 aromatic heterocycles. The number of nitriles is 1. The molecule has 0 fully saturated rings. The van der Waals surface area contributed by atoms with Crippen molar-refractivity contribution in [3.8, 4) is 17.4 Å². The SMILES string of the molecule is N#C/C(=C\c1ccc(-c2cc(Cl)ccc2Cl)o1)C(=O)Nc1ncc(Cc2cc(Cl)ccc2Cl)s1. The Morgan fingerprint density at radius 2 is 1.79 bits per heavy atom. The Morgan fingerprint density at radius 3 is 2.56 bits per heavy atom. The molecule has 0 unspecified atom stereocenters. The van der Waals surface area contributed by atoms with E-state index in [1.165, 1.54) is 17.4 Å². The van der Waals surface area contributed by atoms with Gasteiger partial charge in [0.25, 0.3) is 5.91 Å². The molecule has 1 amide bonds. The standard InChI is InChI=1S/C24H13Cl4N3O2S/c25-15-1-4-20(27)13(7-15)9-18-12-30-24(34-18)31-23(32)14(11-29)8-17-3-6-22(33-17)19-10-16(26)2-5-21(19)28/h1-8,10,12H,9H2,(H,30,31,32)/b14-8+. The molecule has 170 valence electrons. The molecule has 2 heterocycles. The van der Waals surface area contributed by atoms with E-state index in [1.54, 1.807) is 54.7 Å². The zero-order valence-electron chi connectivity index (χ0n) is 17.1. The van der Waals surface area contributed by atoms with Crippen molar-refractivity contribution < 1.29 is 9.21 Å². The number of amides is 1. The lowest BCUT2D eigenvalue weighted by Crippen LogP contribution is -2.13. The van der Waals surface area contributed by atoms with Crippen molar-refractivity contribution in [2.75, 3.05) is 5.32 Å². The molecule has 0 saturated carbocycles. The molecule has 5 nitrogen and oxygen atoms in total. The molecular weight excluding hydrogens is 536 g/mol. The van der Waals surface area contributed by atoms with E-state index in [2.05, 4.69) is 10.3 Å². The summed E-state index contributed by atoms with van der Waals surface area (Å²) in [4.78, 5) is 17.7. The summed E-state index contributed by atoms with van der Waals surface area (Å²) in [6.07, 6.45) is 3.49. The Balaban J connectivity index is 1.48. The number of nitrogens with one attached hydrogen (secondary N) is 1. The summed E-state index contributed by atoms with van der Waals surface area (Å²) in [5.74, 6) is 0.164. The number of thiazole rings is 1. The van der Waals surface area contributed by atoms with E-state index in [0.717, 1.165) is 10.4 Å². The van der Waals surface area contributed by atoms with Crippen LogP contribution in [-0.4, -0.2) is 10.9 Å². The highest BCUT2D eigenvalue weighted by Gasteiger charge is 2.15. The molecule has 10 heteroatoms. The lowest BCUT2D eigenvalue weighted by Gasteiger charge is -2.02. The molecule has 0 radical (unpaired) electrons. The molecule has 0 atom stereocenters. The van der Waals surface area contributed by atoms with Gasteiger partial charge in [-0.15, -0.1) is 11.3 Å². The molecule has 0 aliphatic rings. The second kappa shape index (κ2) is 10.6. The summed E-state index contributed by atoms with van der Waals surface area (Å²) in [6.45, 7) is 0. The molecule has 2 aromatic carbocycles. The van der Waals surface area contributed by atoms with Crippen LogP contribution in [0.3, 0.4) is 0 Å². The first-order chi connectivity index (χ1) is 16.3. The van der Waals surface area contributed by atoms with Gasteiger partial charge in [-0.05, 0) is 54.1 Å². The first-order valence-electron chi connectivity index (χ1n) is 9.69. The minimum Gasteiger partial charge on any atom is -0.457 e. The summed E-state index contributed by atoms with van der Waals surface area (Å²) in [7, 11) is 0. The monoisotopic (exact) mass is 547 g/mol. The smallest absolute Gasteiger partial charge is 0.268 e. The summed E-state index contributed by atoms with van der Waals surface area (Å²) >= 11 is 25.8. The Hall–Kier alpha value is -2.79. The Morgan fingerprint density at radius 1 is 1.06 bits per heavy atom. The van der Waals surface area contributed by atoms with Gasteiger partial charge in [-0.1, -0.05) is 46.4 Å². The Kier molecular flexibility index (Phi) is 7.62. The summed E-state index contributed by atoms with van der Waals surface area (Å²) in [5, 5.41) is 14.6. The average molecular weight is 549 g/mol. The molecule has 0 aliphatic heterocycles. The van der Waals surface area contributed by atoms with Crippen molar-refractivity contribution >= 4 is 74.9 Å². The zero-order valence-corrected chi connectivity index (χ0v) is 21.0. The van der Waals surface area contributed by atoms with Crippen molar-refractivity contribution in [1.29, 1.82) is 5.26 Å². The van der Waals surface area contributed by atoms with Crippen molar-refractivity contribution in [3.05, 3.63) is 96.6 Å². The third-order valence-corrected chi connectivity index (χ3v) is 6.70. The lowest BCUT2D eigenvalue weighted by molar-refractivity contribution is -0.112. The highest BCUT2D eigenvalue weighted by Crippen LogP contribution is 2.32. The molecule has 0 spiro atoms. The van der Waals surface area contributed by atoms with E-state index in [-0.39, 0.29) is 5.57 Å². The van der Waals surface area contributed by atoms with Gasteiger partial charge in [0.05, 0.1) is 5.02 Å². The maximum absolute atomic E-state index is 12.6. The first-order valence-corrected chi connectivity index (χ1v) is 12.0. The van der Waals surface area contributed by atoms with Crippen LogP contribution in [0.15, 0.2) is 64.7 Å². The van der Waals surface area contributed by atoms with E-state index < -0.39 is 5.91 Å². The van der Waals surface area contributed by atoms with Gasteiger partial charge >= 0.3 is 0 Å². The van der Waals surface area contributed by atoms with Crippen LogP contribution >= 0.6 is 57.7 Å². The second-order valence-corrected chi connectivity index (χ2v) is 9.80. The minimum absolute atomic E-state index is 0.146. The topological polar surface area (TPSA) is 78.9 Å². The average Bonchev–Trinajstić information content (AvgIpc) is 3.45. The summed E-state index contributed by atoms with van der Waals surface area (Å²) in [6, 6.07) is 15.4. The van der Waals surface area contributed by atoms with Crippen LogP contribution in [0.1, 0.15) is 16.2 Å². The second-order valence-electron chi connectivity index (χ2n) is 6.99.